The number of hydrogen-bond acceptors (Lipinski definition) is 4. The van der Waals surface area contributed by atoms with Gasteiger partial charge < -0.3 is 9.84 Å². The number of Topliss-reactive ketones (excluding diaryl/α,β-unsaturated/α-hetero) is 1. The van der Waals surface area contributed by atoms with E-state index in [0.29, 0.717) is 24.7 Å². The summed E-state index contributed by atoms with van der Waals surface area (Å²) < 4.78 is 5.92. The molecule has 4 heteroatoms. The lowest BCUT2D eigenvalue weighted by atomic mass is 9.45. The van der Waals surface area contributed by atoms with Crippen molar-refractivity contribution in [1.29, 1.82) is 0 Å². The molecular weight excluding hydrogens is 316 g/mol. The second kappa shape index (κ2) is 4.83. The summed E-state index contributed by atoms with van der Waals surface area (Å²) in [6.45, 7) is 4.71. The molecule has 5 rings (SSSR count). The molecule has 4 fully saturated rings. The van der Waals surface area contributed by atoms with E-state index >= 15 is 0 Å². The zero-order chi connectivity index (χ0) is 17.6. The topological polar surface area (TPSA) is 63.6 Å². The Labute approximate surface area is 149 Å². The first-order valence-electron chi connectivity index (χ1n) is 9.91. The van der Waals surface area contributed by atoms with Crippen LogP contribution in [0.1, 0.15) is 58.8 Å². The Morgan fingerprint density at radius 1 is 1.16 bits per heavy atom. The van der Waals surface area contributed by atoms with Gasteiger partial charge >= 0.3 is 0 Å². The maximum atomic E-state index is 12.5. The largest absolute Gasteiger partial charge is 0.393 e. The van der Waals surface area contributed by atoms with Crippen molar-refractivity contribution in [2.45, 2.75) is 70.5 Å². The summed E-state index contributed by atoms with van der Waals surface area (Å²) in [7, 11) is 0. The molecule has 1 saturated heterocycles. The van der Waals surface area contributed by atoms with Gasteiger partial charge in [-0.2, -0.15) is 0 Å². The highest BCUT2D eigenvalue weighted by Crippen LogP contribution is 2.69. The normalized spacial score (nSPS) is 54.4. The Bertz CT molecular complexity index is 696. The van der Waals surface area contributed by atoms with E-state index in [4.69, 9.17) is 4.74 Å². The first-order chi connectivity index (χ1) is 11.8. The van der Waals surface area contributed by atoms with Crippen LogP contribution in [-0.2, 0) is 14.3 Å². The number of rotatable bonds is 0. The first kappa shape index (κ1) is 16.2. The highest BCUT2D eigenvalue weighted by Gasteiger charge is 2.71. The average molecular weight is 344 g/mol. The molecular formula is C21H28O4. The molecule has 4 aliphatic carbocycles. The highest BCUT2D eigenvalue weighted by molar-refractivity contribution is 5.94. The number of allylic oxidation sites excluding steroid dienone is 1. The van der Waals surface area contributed by atoms with E-state index in [1.54, 1.807) is 0 Å². The fraction of sp³-hybridized carbons (Fsp3) is 0.810. The van der Waals surface area contributed by atoms with Gasteiger partial charge in [0.15, 0.2) is 11.6 Å². The van der Waals surface area contributed by atoms with Crippen LogP contribution in [0, 0.1) is 28.6 Å². The van der Waals surface area contributed by atoms with Crippen molar-refractivity contribution in [3.8, 4) is 0 Å². The molecule has 1 N–H and O–H groups in total. The maximum absolute atomic E-state index is 12.5. The first-order valence-corrected chi connectivity index (χ1v) is 9.91. The van der Waals surface area contributed by atoms with Gasteiger partial charge in [-0.05, 0) is 67.8 Å². The Kier molecular flexibility index (Phi) is 3.13. The van der Waals surface area contributed by atoms with Crippen molar-refractivity contribution >= 4 is 11.6 Å². The fourth-order valence-corrected chi connectivity index (χ4v) is 7.68. The van der Waals surface area contributed by atoms with Crippen molar-refractivity contribution in [1.82, 2.24) is 0 Å². The van der Waals surface area contributed by atoms with Crippen LogP contribution in [0.4, 0.5) is 0 Å². The van der Waals surface area contributed by atoms with Gasteiger partial charge in [-0.25, -0.2) is 0 Å². The Morgan fingerprint density at radius 3 is 2.64 bits per heavy atom. The summed E-state index contributed by atoms with van der Waals surface area (Å²) in [6.07, 6.45) is 7.41. The Morgan fingerprint density at radius 2 is 1.96 bits per heavy atom. The van der Waals surface area contributed by atoms with Gasteiger partial charge in [0.25, 0.3) is 0 Å². The van der Waals surface area contributed by atoms with Crippen LogP contribution in [0.2, 0.25) is 0 Å². The van der Waals surface area contributed by atoms with Crippen LogP contribution < -0.4 is 0 Å². The Balaban J connectivity index is 1.55. The summed E-state index contributed by atoms with van der Waals surface area (Å²) in [5.41, 5.74) is 0.350. The highest BCUT2D eigenvalue weighted by atomic mass is 16.5. The second-order valence-corrected chi connectivity index (χ2v) is 9.65. The van der Waals surface area contributed by atoms with Crippen LogP contribution in [0.15, 0.2) is 11.6 Å². The molecule has 1 heterocycles. The van der Waals surface area contributed by atoms with E-state index in [1.165, 1.54) is 5.57 Å². The molecule has 4 nitrogen and oxygen atoms in total. The monoisotopic (exact) mass is 344 g/mol. The zero-order valence-electron chi connectivity index (χ0n) is 15.2. The molecule has 0 aromatic carbocycles. The van der Waals surface area contributed by atoms with Gasteiger partial charge in [-0.15, -0.1) is 0 Å². The number of carbonyl (C=O) groups is 2. The van der Waals surface area contributed by atoms with Gasteiger partial charge in [0.2, 0.25) is 0 Å². The van der Waals surface area contributed by atoms with E-state index in [0.717, 1.165) is 32.1 Å². The van der Waals surface area contributed by atoms with Crippen molar-refractivity contribution in [2.75, 3.05) is 6.61 Å². The lowest BCUT2D eigenvalue weighted by molar-refractivity contribution is -0.226. The van der Waals surface area contributed by atoms with Crippen LogP contribution in [0.5, 0.6) is 0 Å². The van der Waals surface area contributed by atoms with E-state index in [9.17, 15) is 14.7 Å². The maximum Gasteiger partial charge on any atom is 0.190 e. The van der Waals surface area contributed by atoms with Crippen LogP contribution >= 0.6 is 0 Å². The van der Waals surface area contributed by atoms with Gasteiger partial charge in [-0.3, -0.25) is 9.59 Å². The predicted molar refractivity (Wildman–Crippen MR) is 91.8 cm³/mol. The second-order valence-electron chi connectivity index (χ2n) is 9.65. The average Bonchev–Trinajstić information content (AvgIpc) is 2.88. The summed E-state index contributed by atoms with van der Waals surface area (Å²) in [6, 6.07) is 0. The van der Waals surface area contributed by atoms with Crippen molar-refractivity contribution in [3.05, 3.63) is 11.6 Å². The molecule has 7 atom stereocenters. The number of aliphatic hydroxyl groups excluding tert-OH is 1. The molecule has 1 spiro atoms. The number of hydrogen-bond donors (Lipinski definition) is 1. The van der Waals surface area contributed by atoms with Crippen LogP contribution in [-0.4, -0.2) is 35.0 Å². The minimum Gasteiger partial charge on any atom is -0.393 e. The summed E-state index contributed by atoms with van der Waals surface area (Å²) in [5.74, 6) is 1.58. The van der Waals surface area contributed by atoms with E-state index in [1.807, 2.05) is 6.08 Å². The Hall–Kier alpha value is -1.00. The van der Waals surface area contributed by atoms with Crippen molar-refractivity contribution in [3.63, 3.8) is 0 Å². The summed E-state index contributed by atoms with van der Waals surface area (Å²) in [4.78, 5) is 24.4. The summed E-state index contributed by atoms with van der Waals surface area (Å²) in [5, 5.41) is 11.2. The molecule has 0 bridgehead atoms. The minimum atomic E-state index is -0.622. The standard InChI is InChI=1S/C21H28O4/c1-19-7-5-13(22)9-12(19)3-4-14-15-6-8-21(17(24)11-25-21)20(15,2)10-16(23)18(14)19/h9,14-16,18,23H,3-8,10-11H2,1-2H3/t14-,15-,16-,18?,19-,20-,21-/m0/s1. The minimum absolute atomic E-state index is 0.0577. The van der Waals surface area contributed by atoms with E-state index in [-0.39, 0.29) is 34.9 Å². The third-order valence-corrected chi connectivity index (χ3v) is 8.92. The van der Waals surface area contributed by atoms with E-state index < -0.39 is 11.7 Å². The molecule has 136 valence electrons. The number of ether oxygens (including phenoxy) is 1. The van der Waals surface area contributed by atoms with Crippen LogP contribution in [0.3, 0.4) is 0 Å². The quantitative estimate of drug-likeness (QED) is 0.734. The fourth-order valence-electron chi connectivity index (χ4n) is 7.68. The van der Waals surface area contributed by atoms with E-state index in [2.05, 4.69) is 13.8 Å². The number of ketones is 2. The molecule has 3 saturated carbocycles. The SMILES string of the molecule is C[C@]12CCC(=O)C=C1CC[C@@H]1C2[C@@H](O)C[C@@]2(C)[C@H]1CC[C@@]21OCC1=O. The molecule has 0 radical (unpaired) electrons. The molecule has 5 aliphatic rings. The lowest BCUT2D eigenvalue weighted by Gasteiger charge is -2.62. The molecule has 1 unspecified atom stereocenters. The number of aliphatic hydroxyl groups is 1. The third kappa shape index (κ3) is 1.76. The van der Waals surface area contributed by atoms with Crippen molar-refractivity contribution in [2.24, 2.45) is 28.6 Å². The third-order valence-electron chi connectivity index (χ3n) is 8.92. The van der Waals surface area contributed by atoms with Gasteiger partial charge in [-0.1, -0.05) is 19.4 Å². The van der Waals surface area contributed by atoms with Crippen molar-refractivity contribution < 1.29 is 19.4 Å². The van der Waals surface area contributed by atoms with Gasteiger partial charge in [0.1, 0.15) is 12.2 Å². The zero-order valence-corrected chi connectivity index (χ0v) is 15.2. The molecule has 25 heavy (non-hydrogen) atoms. The lowest BCUT2D eigenvalue weighted by Crippen LogP contribution is -2.67. The van der Waals surface area contributed by atoms with Crippen LogP contribution in [0.25, 0.3) is 0 Å². The molecule has 1 aliphatic heterocycles. The number of fused-ring (bicyclic) bond motifs is 6. The molecule has 0 amide bonds. The number of carbonyl (C=O) groups excluding carboxylic acids is 2. The smallest absolute Gasteiger partial charge is 0.190 e. The summed E-state index contributed by atoms with van der Waals surface area (Å²) >= 11 is 0. The van der Waals surface area contributed by atoms with Gasteiger partial charge in [0, 0.05) is 11.8 Å². The van der Waals surface area contributed by atoms with Gasteiger partial charge in [0.05, 0.1) is 6.10 Å². The predicted octanol–water partition coefficient (Wildman–Crippen LogP) is 2.83. The molecule has 0 aromatic rings. The molecule has 0 aromatic heterocycles.